The summed E-state index contributed by atoms with van der Waals surface area (Å²) in [4.78, 5) is 1.42. The van der Waals surface area contributed by atoms with Crippen LogP contribution in [0.3, 0.4) is 0 Å². The lowest BCUT2D eigenvalue weighted by atomic mass is 10.1. The van der Waals surface area contributed by atoms with Gasteiger partial charge in [-0.2, -0.15) is 0 Å². The fourth-order valence-corrected chi connectivity index (χ4v) is 2.73. The number of nitrogens with one attached hydrogen (secondary N) is 1. The van der Waals surface area contributed by atoms with E-state index in [1.165, 1.54) is 16.0 Å². The Kier molecular flexibility index (Phi) is 3.21. The number of hydrogen-bond donors (Lipinski definition) is 1. The largest absolute Gasteiger partial charge is 0.379 e. The van der Waals surface area contributed by atoms with Gasteiger partial charge in [0.2, 0.25) is 0 Å². The summed E-state index contributed by atoms with van der Waals surface area (Å²) in [7, 11) is 0. The summed E-state index contributed by atoms with van der Waals surface area (Å²) in [6, 6.07) is 0.405. The van der Waals surface area contributed by atoms with Crippen LogP contribution >= 0.6 is 11.3 Å². The smallest absolute Gasteiger partial charge is 0.0661 e. The molecule has 2 rings (SSSR count). The average Bonchev–Trinajstić information content (AvgIpc) is 2.47. The molecular formula is C11H17NOS. The quantitative estimate of drug-likeness (QED) is 0.770. The second-order valence-corrected chi connectivity index (χ2v) is 4.89. The van der Waals surface area contributed by atoms with Crippen molar-refractivity contribution in [2.75, 3.05) is 19.8 Å². The van der Waals surface area contributed by atoms with Gasteiger partial charge in [0.05, 0.1) is 12.6 Å². The number of rotatable bonds is 1. The fraction of sp³-hybridized carbons (Fsp3) is 0.636. The van der Waals surface area contributed by atoms with Crippen LogP contribution < -0.4 is 5.32 Å². The highest BCUT2D eigenvalue weighted by atomic mass is 32.1. The molecule has 1 atom stereocenters. The van der Waals surface area contributed by atoms with Crippen LogP contribution in [0.15, 0.2) is 5.38 Å². The molecule has 0 aromatic carbocycles. The summed E-state index contributed by atoms with van der Waals surface area (Å²) in [5.74, 6) is 0. The molecule has 78 valence electrons. The highest BCUT2D eigenvalue weighted by molar-refractivity contribution is 7.10. The molecule has 0 bridgehead atoms. The summed E-state index contributed by atoms with van der Waals surface area (Å²) in [5.41, 5.74) is 2.85. The van der Waals surface area contributed by atoms with E-state index in [4.69, 9.17) is 4.74 Å². The molecule has 0 radical (unpaired) electrons. The van der Waals surface area contributed by atoms with Crippen LogP contribution in [0.4, 0.5) is 0 Å². The molecular weight excluding hydrogens is 194 g/mol. The van der Waals surface area contributed by atoms with E-state index < -0.39 is 0 Å². The van der Waals surface area contributed by atoms with Crippen molar-refractivity contribution in [1.29, 1.82) is 0 Å². The molecule has 1 aromatic heterocycles. The van der Waals surface area contributed by atoms with Gasteiger partial charge >= 0.3 is 0 Å². The maximum absolute atomic E-state index is 5.57. The lowest BCUT2D eigenvalue weighted by Gasteiger charge is -2.15. The Balaban J connectivity index is 2.16. The summed E-state index contributed by atoms with van der Waals surface area (Å²) in [5, 5.41) is 5.79. The van der Waals surface area contributed by atoms with Crippen LogP contribution in [-0.2, 0) is 4.74 Å². The first kappa shape index (κ1) is 10.1. The molecule has 1 unspecified atom stereocenters. The van der Waals surface area contributed by atoms with Gasteiger partial charge in [0.25, 0.3) is 0 Å². The molecule has 2 heterocycles. The van der Waals surface area contributed by atoms with Crippen molar-refractivity contribution in [1.82, 2.24) is 5.32 Å². The topological polar surface area (TPSA) is 21.3 Å². The molecule has 1 aliphatic rings. The molecule has 0 amide bonds. The summed E-state index contributed by atoms with van der Waals surface area (Å²) >= 11 is 1.84. The van der Waals surface area contributed by atoms with Gasteiger partial charge in [0.15, 0.2) is 0 Å². The predicted molar refractivity (Wildman–Crippen MR) is 60.0 cm³/mol. The second kappa shape index (κ2) is 4.43. The van der Waals surface area contributed by atoms with Crippen LogP contribution in [0.1, 0.15) is 28.5 Å². The van der Waals surface area contributed by atoms with Gasteiger partial charge in [0, 0.05) is 11.5 Å². The number of ether oxygens (including phenoxy) is 1. The van der Waals surface area contributed by atoms with Gasteiger partial charge in [-0.05, 0) is 43.3 Å². The van der Waals surface area contributed by atoms with E-state index in [2.05, 4.69) is 24.5 Å². The zero-order valence-electron chi connectivity index (χ0n) is 8.80. The molecule has 1 aliphatic heterocycles. The maximum atomic E-state index is 5.57. The first-order valence-electron chi connectivity index (χ1n) is 5.15. The minimum absolute atomic E-state index is 0.405. The van der Waals surface area contributed by atoms with Gasteiger partial charge in [-0.15, -0.1) is 11.3 Å². The SMILES string of the molecule is Cc1scc(C2COCCCN2)c1C. The van der Waals surface area contributed by atoms with E-state index in [0.29, 0.717) is 6.04 Å². The Morgan fingerprint density at radius 1 is 1.50 bits per heavy atom. The van der Waals surface area contributed by atoms with E-state index >= 15 is 0 Å². The number of aryl methyl sites for hydroxylation is 1. The van der Waals surface area contributed by atoms with Crippen molar-refractivity contribution >= 4 is 11.3 Å². The normalized spacial score (nSPS) is 23.4. The molecule has 1 aromatic rings. The fourth-order valence-electron chi connectivity index (χ4n) is 1.79. The van der Waals surface area contributed by atoms with Crippen molar-refractivity contribution < 1.29 is 4.74 Å². The highest BCUT2D eigenvalue weighted by Gasteiger charge is 2.17. The van der Waals surface area contributed by atoms with Crippen molar-refractivity contribution in [2.24, 2.45) is 0 Å². The van der Waals surface area contributed by atoms with Crippen molar-refractivity contribution in [3.05, 3.63) is 21.4 Å². The van der Waals surface area contributed by atoms with Crippen LogP contribution in [0.2, 0.25) is 0 Å². The Bertz CT molecular complexity index is 300. The van der Waals surface area contributed by atoms with E-state index in [9.17, 15) is 0 Å². The molecule has 0 saturated carbocycles. The van der Waals surface area contributed by atoms with Crippen LogP contribution in [0.25, 0.3) is 0 Å². The third-order valence-electron chi connectivity index (χ3n) is 2.84. The molecule has 2 nitrogen and oxygen atoms in total. The Hall–Kier alpha value is -0.380. The second-order valence-electron chi connectivity index (χ2n) is 3.81. The third-order valence-corrected chi connectivity index (χ3v) is 3.87. The van der Waals surface area contributed by atoms with Crippen molar-refractivity contribution in [2.45, 2.75) is 26.3 Å². The van der Waals surface area contributed by atoms with E-state index in [1.807, 2.05) is 11.3 Å². The van der Waals surface area contributed by atoms with E-state index in [-0.39, 0.29) is 0 Å². The Morgan fingerprint density at radius 3 is 3.07 bits per heavy atom. The standard InChI is InChI=1S/C11H17NOS/c1-8-9(2)14-7-10(8)11-6-13-5-3-4-12-11/h7,11-12H,3-6H2,1-2H3. The van der Waals surface area contributed by atoms with Crippen LogP contribution in [-0.4, -0.2) is 19.8 Å². The van der Waals surface area contributed by atoms with Gasteiger partial charge in [-0.1, -0.05) is 0 Å². The lowest BCUT2D eigenvalue weighted by molar-refractivity contribution is 0.131. The lowest BCUT2D eigenvalue weighted by Crippen LogP contribution is -2.23. The monoisotopic (exact) mass is 211 g/mol. The Labute approximate surface area is 89.3 Å². The molecule has 1 fully saturated rings. The molecule has 1 N–H and O–H groups in total. The number of thiophene rings is 1. The maximum Gasteiger partial charge on any atom is 0.0661 e. The first-order chi connectivity index (χ1) is 6.79. The Morgan fingerprint density at radius 2 is 2.36 bits per heavy atom. The highest BCUT2D eigenvalue weighted by Crippen LogP contribution is 2.27. The van der Waals surface area contributed by atoms with Crippen LogP contribution in [0, 0.1) is 13.8 Å². The molecule has 0 aliphatic carbocycles. The first-order valence-corrected chi connectivity index (χ1v) is 6.02. The van der Waals surface area contributed by atoms with Crippen LogP contribution in [0.5, 0.6) is 0 Å². The van der Waals surface area contributed by atoms with Gasteiger partial charge < -0.3 is 10.1 Å². The van der Waals surface area contributed by atoms with Gasteiger partial charge in [-0.3, -0.25) is 0 Å². The summed E-state index contributed by atoms with van der Waals surface area (Å²) < 4.78 is 5.57. The van der Waals surface area contributed by atoms with Crippen molar-refractivity contribution in [3.63, 3.8) is 0 Å². The molecule has 1 saturated heterocycles. The van der Waals surface area contributed by atoms with Gasteiger partial charge in [-0.25, -0.2) is 0 Å². The zero-order chi connectivity index (χ0) is 9.97. The molecule has 14 heavy (non-hydrogen) atoms. The molecule has 0 spiro atoms. The number of hydrogen-bond acceptors (Lipinski definition) is 3. The molecule has 3 heteroatoms. The summed E-state index contributed by atoms with van der Waals surface area (Å²) in [6.07, 6.45) is 1.12. The zero-order valence-corrected chi connectivity index (χ0v) is 9.62. The van der Waals surface area contributed by atoms with E-state index in [0.717, 1.165) is 26.2 Å². The third kappa shape index (κ3) is 2.00. The summed E-state index contributed by atoms with van der Waals surface area (Å²) in [6.45, 7) is 7.16. The average molecular weight is 211 g/mol. The predicted octanol–water partition coefficient (Wildman–Crippen LogP) is 2.42. The minimum Gasteiger partial charge on any atom is -0.379 e. The minimum atomic E-state index is 0.405. The van der Waals surface area contributed by atoms with Crippen molar-refractivity contribution in [3.8, 4) is 0 Å². The van der Waals surface area contributed by atoms with E-state index in [1.54, 1.807) is 0 Å². The van der Waals surface area contributed by atoms with Gasteiger partial charge in [0.1, 0.15) is 0 Å².